The molecule has 0 aromatic heterocycles. The zero-order valence-corrected chi connectivity index (χ0v) is 22.3. The Balaban J connectivity index is 1.51. The summed E-state index contributed by atoms with van der Waals surface area (Å²) in [6.07, 6.45) is 2.17. The number of carbonyl (C=O) groups is 1. The minimum Gasteiger partial charge on any atom is -0.392 e. The van der Waals surface area contributed by atoms with Gasteiger partial charge in [-0.05, 0) is 42.6 Å². The van der Waals surface area contributed by atoms with Crippen LogP contribution in [0.15, 0.2) is 48.5 Å². The summed E-state index contributed by atoms with van der Waals surface area (Å²) >= 11 is 16.9. The number of methoxy groups -OCH3 is 1. The molecule has 2 saturated heterocycles. The summed E-state index contributed by atoms with van der Waals surface area (Å²) in [6.45, 7) is 2.51. The van der Waals surface area contributed by atoms with Gasteiger partial charge < -0.3 is 24.6 Å². The van der Waals surface area contributed by atoms with Crippen molar-refractivity contribution in [1.82, 2.24) is 4.90 Å². The molecule has 0 radical (unpaired) electrons. The number of ether oxygens (including phenoxy) is 3. The zero-order valence-electron chi connectivity index (χ0n) is 20.0. The first-order valence-corrected chi connectivity index (χ1v) is 13.1. The molecule has 2 aromatic carbocycles. The first-order valence-electron chi connectivity index (χ1n) is 12.0. The fourth-order valence-electron chi connectivity index (χ4n) is 4.74. The summed E-state index contributed by atoms with van der Waals surface area (Å²) < 4.78 is 16.2. The summed E-state index contributed by atoms with van der Waals surface area (Å²) in [7, 11) is 1.74. The predicted octanol–water partition coefficient (Wildman–Crippen LogP) is 5.14. The summed E-state index contributed by atoms with van der Waals surface area (Å²) in [5.41, 5.74) is 3.20. The number of aliphatic hydroxyl groups is 1. The highest BCUT2D eigenvalue weighted by Gasteiger charge is 2.36. The van der Waals surface area contributed by atoms with Crippen LogP contribution < -0.4 is 5.32 Å². The van der Waals surface area contributed by atoms with Crippen LogP contribution in [0.3, 0.4) is 0 Å². The Kier molecular flexibility index (Phi) is 9.52. The number of halogens is 3. The van der Waals surface area contributed by atoms with Crippen molar-refractivity contribution in [2.75, 3.05) is 32.1 Å². The molecule has 0 bridgehead atoms. The average molecular weight is 558 g/mol. The van der Waals surface area contributed by atoms with E-state index in [2.05, 4.69) is 10.2 Å². The Morgan fingerprint density at radius 1 is 1.11 bits per heavy atom. The molecule has 7 nitrogen and oxygen atoms in total. The highest BCUT2D eigenvalue weighted by molar-refractivity contribution is 6.76. The molecule has 4 rings (SSSR count). The molecule has 2 N–H and O–H groups in total. The summed E-state index contributed by atoms with van der Waals surface area (Å²) in [4.78, 5) is 14.4. The van der Waals surface area contributed by atoms with Gasteiger partial charge >= 0.3 is 0 Å². The minimum absolute atomic E-state index is 0.00280. The molecule has 36 heavy (non-hydrogen) atoms. The van der Waals surface area contributed by atoms with Gasteiger partial charge in [-0.1, -0.05) is 71.2 Å². The Morgan fingerprint density at radius 3 is 2.44 bits per heavy atom. The van der Waals surface area contributed by atoms with Crippen LogP contribution in [0, 0.1) is 0 Å². The lowest BCUT2D eigenvalue weighted by atomic mass is 9.99. The number of nitrogens with one attached hydrogen (secondary N) is 1. The molecule has 10 heteroatoms. The molecule has 196 valence electrons. The quantitative estimate of drug-likeness (QED) is 0.437. The lowest BCUT2D eigenvalue weighted by Crippen LogP contribution is -2.42. The largest absolute Gasteiger partial charge is 0.392 e. The van der Waals surface area contributed by atoms with Gasteiger partial charge in [-0.2, -0.15) is 0 Å². The van der Waals surface area contributed by atoms with E-state index in [1.807, 2.05) is 36.4 Å². The van der Waals surface area contributed by atoms with Crippen LogP contribution in [0.25, 0.3) is 0 Å². The molecule has 2 fully saturated rings. The lowest BCUT2D eigenvalue weighted by Gasteiger charge is -2.38. The van der Waals surface area contributed by atoms with Crippen LogP contribution in [0.2, 0.25) is 0 Å². The van der Waals surface area contributed by atoms with Crippen molar-refractivity contribution in [3.05, 3.63) is 65.2 Å². The van der Waals surface area contributed by atoms with E-state index in [-0.39, 0.29) is 18.8 Å². The van der Waals surface area contributed by atoms with Crippen molar-refractivity contribution in [1.29, 1.82) is 0 Å². The monoisotopic (exact) mass is 556 g/mol. The number of anilines is 1. The third kappa shape index (κ3) is 7.11. The molecular formula is C26H31Cl3N2O5. The van der Waals surface area contributed by atoms with Crippen LogP contribution in [0.1, 0.15) is 48.3 Å². The third-order valence-electron chi connectivity index (χ3n) is 6.61. The van der Waals surface area contributed by atoms with Crippen molar-refractivity contribution < 1.29 is 24.1 Å². The second kappa shape index (κ2) is 12.4. The fraction of sp³-hybridized carbons (Fsp3) is 0.500. The summed E-state index contributed by atoms with van der Waals surface area (Å²) in [6, 6.07) is 15.3. The first-order chi connectivity index (χ1) is 17.3. The van der Waals surface area contributed by atoms with Crippen LogP contribution in [-0.4, -0.2) is 58.7 Å². The smallest absolute Gasteiger partial charge is 0.276 e. The average Bonchev–Trinajstić information content (AvgIpc) is 3.30. The predicted molar refractivity (Wildman–Crippen MR) is 140 cm³/mol. The molecule has 0 spiro atoms. The van der Waals surface area contributed by atoms with Gasteiger partial charge in [-0.15, -0.1) is 0 Å². The molecular weight excluding hydrogens is 527 g/mol. The number of hydrogen-bond donors (Lipinski definition) is 2. The van der Waals surface area contributed by atoms with E-state index in [4.69, 9.17) is 49.0 Å². The van der Waals surface area contributed by atoms with Gasteiger partial charge in [0.25, 0.3) is 9.70 Å². The molecule has 4 atom stereocenters. The van der Waals surface area contributed by atoms with E-state index >= 15 is 0 Å². The first kappa shape index (κ1) is 27.6. The third-order valence-corrected chi connectivity index (χ3v) is 7.12. The highest BCUT2D eigenvalue weighted by Crippen LogP contribution is 2.39. The van der Waals surface area contributed by atoms with Crippen molar-refractivity contribution in [2.45, 2.75) is 54.2 Å². The van der Waals surface area contributed by atoms with Crippen molar-refractivity contribution in [3.8, 4) is 0 Å². The second-order valence-corrected chi connectivity index (χ2v) is 11.5. The number of aliphatic hydroxyl groups excluding tert-OH is 1. The number of hydrogen-bond acceptors (Lipinski definition) is 6. The molecule has 2 aliphatic heterocycles. The van der Waals surface area contributed by atoms with Gasteiger partial charge in [0.1, 0.15) is 0 Å². The standard InChI is InChI=1S/C26H31Cl3N2O5/c1-34-16-21-3-2-12-31(21)14-22-13-23(18-6-4-17(15-32)5-7-18)36-24(35-22)19-8-10-20(11-9-19)30-25(33)26(27,28)29/h4-11,21-24,32H,2-3,12-16H2,1H3,(H,30,33)/t21-,22-,23+,24+/m0/s1. The number of likely N-dealkylation sites (tertiary alicyclic amines) is 1. The Morgan fingerprint density at radius 2 is 1.81 bits per heavy atom. The Labute approximate surface area is 226 Å². The van der Waals surface area contributed by atoms with Crippen molar-refractivity contribution >= 4 is 46.4 Å². The second-order valence-electron chi connectivity index (χ2n) is 9.17. The van der Waals surface area contributed by atoms with Gasteiger partial charge in [0.15, 0.2) is 6.29 Å². The minimum atomic E-state index is -2.05. The maximum Gasteiger partial charge on any atom is 0.276 e. The van der Waals surface area contributed by atoms with E-state index in [9.17, 15) is 9.90 Å². The number of benzene rings is 2. The van der Waals surface area contributed by atoms with Gasteiger partial charge in [-0.25, -0.2) is 0 Å². The van der Waals surface area contributed by atoms with Crippen molar-refractivity contribution in [3.63, 3.8) is 0 Å². The van der Waals surface area contributed by atoms with Crippen LogP contribution in [-0.2, 0) is 25.6 Å². The Hall–Kier alpha value is -1.42. The molecule has 0 unspecified atom stereocenters. The summed E-state index contributed by atoms with van der Waals surface area (Å²) in [5, 5.41) is 12.0. The molecule has 0 aliphatic carbocycles. The van der Waals surface area contributed by atoms with Gasteiger partial charge in [0.05, 0.1) is 25.4 Å². The van der Waals surface area contributed by atoms with E-state index < -0.39 is 16.0 Å². The lowest BCUT2D eigenvalue weighted by molar-refractivity contribution is -0.253. The summed E-state index contributed by atoms with van der Waals surface area (Å²) in [5.74, 6) is -0.729. The van der Waals surface area contributed by atoms with Crippen LogP contribution in [0.4, 0.5) is 5.69 Å². The molecule has 2 heterocycles. The number of rotatable bonds is 8. The van der Waals surface area contributed by atoms with Crippen molar-refractivity contribution in [2.24, 2.45) is 0 Å². The number of amides is 1. The van der Waals surface area contributed by atoms with E-state index in [1.54, 1.807) is 19.2 Å². The molecule has 1 amide bonds. The van der Waals surface area contributed by atoms with Gasteiger partial charge in [0.2, 0.25) is 0 Å². The normalized spacial score (nSPS) is 25.1. The van der Waals surface area contributed by atoms with Gasteiger partial charge in [-0.3, -0.25) is 9.69 Å². The van der Waals surface area contributed by atoms with Crippen LogP contribution in [0.5, 0.6) is 0 Å². The maximum atomic E-state index is 12.0. The molecule has 2 aromatic rings. The topological polar surface area (TPSA) is 80.3 Å². The van der Waals surface area contributed by atoms with E-state index in [1.165, 1.54) is 0 Å². The number of nitrogens with zero attached hydrogens (tertiary/aromatic N) is 1. The SMILES string of the molecule is COC[C@@H]1CCCN1C[C@@H]1C[C@H](c2ccc(CO)cc2)O[C@H](c2ccc(NC(=O)C(Cl)(Cl)Cl)cc2)O1. The van der Waals surface area contributed by atoms with E-state index in [0.717, 1.165) is 42.6 Å². The van der Waals surface area contributed by atoms with Crippen LogP contribution >= 0.6 is 34.8 Å². The molecule has 0 saturated carbocycles. The fourth-order valence-corrected chi connectivity index (χ4v) is 4.88. The molecule has 2 aliphatic rings. The Bertz CT molecular complexity index is 1000. The maximum absolute atomic E-state index is 12.0. The highest BCUT2D eigenvalue weighted by atomic mass is 35.6. The zero-order chi connectivity index (χ0) is 25.7. The number of alkyl halides is 3. The number of carbonyl (C=O) groups excluding carboxylic acids is 1. The van der Waals surface area contributed by atoms with Gasteiger partial charge in [0, 0.05) is 37.4 Å². The van der Waals surface area contributed by atoms with E-state index in [0.29, 0.717) is 24.8 Å².